The molecule has 0 radical (unpaired) electrons. The Kier molecular flexibility index (Phi) is 3.08. The van der Waals surface area contributed by atoms with Crippen LogP contribution in [0.15, 0.2) is 16.9 Å². The zero-order valence-corrected chi connectivity index (χ0v) is 10.9. The van der Waals surface area contributed by atoms with Crippen LogP contribution in [0.4, 0.5) is 13.2 Å². The number of carbonyl (C=O) groups is 1. The maximum Gasteiger partial charge on any atom is 0.411 e. The largest absolute Gasteiger partial charge is 0.411 e. The third-order valence-electron chi connectivity index (χ3n) is 3.01. The van der Waals surface area contributed by atoms with Crippen molar-refractivity contribution in [3.05, 3.63) is 22.7 Å². The second-order valence-corrected chi connectivity index (χ2v) is 5.03. The Morgan fingerprint density at radius 2 is 1.89 bits per heavy atom. The molecule has 1 aliphatic rings. The van der Waals surface area contributed by atoms with E-state index in [4.69, 9.17) is 0 Å². The lowest BCUT2D eigenvalue weighted by Gasteiger charge is -2.29. The van der Waals surface area contributed by atoms with Gasteiger partial charge in [0, 0.05) is 19.4 Å². The van der Waals surface area contributed by atoms with Gasteiger partial charge >= 0.3 is 6.18 Å². The molecule has 0 bridgehead atoms. The van der Waals surface area contributed by atoms with E-state index in [9.17, 15) is 18.0 Å². The quantitative estimate of drug-likeness (QED) is 0.839. The number of halogens is 4. The summed E-state index contributed by atoms with van der Waals surface area (Å²) in [6, 6.07) is 0. The third-order valence-corrected chi connectivity index (χ3v) is 3.42. The standard InChI is InChI=1S/C10H9BrF3N3O/c1-17(9(2-3-9)10(12,13)14)8(18)7-15-4-6(11)5-16-7/h4-5H,2-3H2,1H3. The monoisotopic (exact) mass is 323 g/mol. The third kappa shape index (κ3) is 2.09. The lowest BCUT2D eigenvalue weighted by atomic mass is 10.2. The van der Waals surface area contributed by atoms with Crippen molar-refractivity contribution >= 4 is 21.8 Å². The fourth-order valence-electron chi connectivity index (χ4n) is 1.69. The van der Waals surface area contributed by atoms with Crippen molar-refractivity contribution in [2.75, 3.05) is 7.05 Å². The molecule has 0 unspecified atom stereocenters. The minimum atomic E-state index is -4.42. The maximum absolute atomic E-state index is 12.8. The molecule has 0 aliphatic heterocycles. The van der Waals surface area contributed by atoms with Gasteiger partial charge in [-0.05, 0) is 28.8 Å². The van der Waals surface area contributed by atoms with Crippen molar-refractivity contribution in [2.45, 2.75) is 24.6 Å². The van der Waals surface area contributed by atoms with E-state index in [2.05, 4.69) is 25.9 Å². The second kappa shape index (κ2) is 4.18. The van der Waals surface area contributed by atoms with Gasteiger partial charge < -0.3 is 4.90 Å². The first kappa shape index (κ1) is 13.3. The Balaban J connectivity index is 2.22. The van der Waals surface area contributed by atoms with Crippen LogP contribution in [0.3, 0.4) is 0 Å². The molecule has 0 N–H and O–H groups in total. The first-order valence-corrected chi connectivity index (χ1v) is 5.90. The van der Waals surface area contributed by atoms with E-state index >= 15 is 0 Å². The van der Waals surface area contributed by atoms with Gasteiger partial charge in [-0.15, -0.1) is 0 Å². The summed E-state index contributed by atoms with van der Waals surface area (Å²) in [5.74, 6) is -1.06. The molecule has 0 saturated heterocycles. The molecule has 1 aliphatic carbocycles. The zero-order chi connectivity index (χ0) is 13.6. The van der Waals surface area contributed by atoms with Crippen molar-refractivity contribution in [1.29, 1.82) is 0 Å². The van der Waals surface area contributed by atoms with Crippen molar-refractivity contribution in [3.8, 4) is 0 Å². The molecule has 1 heterocycles. The van der Waals surface area contributed by atoms with Gasteiger partial charge in [0.2, 0.25) is 5.82 Å². The van der Waals surface area contributed by atoms with Gasteiger partial charge in [-0.25, -0.2) is 9.97 Å². The number of carbonyl (C=O) groups excluding carboxylic acids is 1. The molecular formula is C10H9BrF3N3O. The molecule has 1 fully saturated rings. The second-order valence-electron chi connectivity index (χ2n) is 4.12. The molecule has 0 aromatic carbocycles. The van der Waals surface area contributed by atoms with Gasteiger partial charge in [-0.3, -0.25) is 4.79 Å². The van der Waals surface area contributed by atoms with Crippen LogP contribution in [0.2, 0.25) is 0 Å². The van der Waals surface area contributed by atoms with Gasteiger partial charge in [0.1, 0.15) is 5.54 Å². The molecule has 0 spiro atoms. The van der Waals surface area contributed by atoms with Crippen LogP contribution >= 0.6 is 15.9 Å². The predicted molar refractivity (Wildman–Crippen MR) is 59.8 cm³/mol. The van der Waals surface area contributed by atoms with Crippen molar-refractivity contribution in [2.24, 2.45) is 0 Å². The Labute approximate surface area is 109 Å². The summed E-state index contributed by atoms with van der Waals surface area (Å²) in [6.45, 7) is 0. The van der Waals surface area contributed by atoms with E-state index in [1.54, 1.807) is 0 Å². The molecule has 18 heavy (non-hydrogen) atoms. The normalized spacial score (nSPS) is 17.4. The zero-order valence-electron chi connectivity index (χ0n) is 9.33. The molecule has 0 atom stereocenters. The van der Waals surface area contributed by atoms with Crippen molar-refractivity contribution < 1.29 is 18.0 Å². The first-order valence-electron chi connectivity index (χ1n) is 5.10. The van der Waals surface area contributed by atoms with Crippen LogP contribution in [0.25, 0.3) is 0 Å². The predicted octanol–water partition coefficient (Wildman–Crippen LogP) is 2.41. The number of hydrogen-bond donors (Lipinski definition) is 0. The molecule has 2 rings (SSSR count). The van der Waals surface area contributed by atoms with E-state index in [1.807, 2.05) is 0 Å². The van der Waals surface area contributed by atoms with Gasteiger partial charge in [-0.1, -0.05) is 0 Å². The summed E-state index contributed by atoms with van der Waals surface area (Å²) in [6.07, 6.45) is -1.93. The van der Waals surface area contributed by atoms with Gasteiger partial charge in [-0.2, -0.15) is 13.2 Å². The molecule has 1 amide bonds. The fraction of sp³-hybridized carbons (Fsp3) is 0.500. The van der Waals surface area contributed by atoms with Crippen LogP contribution in [0, 0.1) is 0 Å². The number of rotatable bonds is 2. The number of aromatic nitrogens is 2. The average molecular weight is 324 g/mol. The molecule has 1 aromatic rings. The first-order chi connectivity index (χ1) is 8.28. The highest BCUT2D eigenvalue weighted by molar-refractivity contribution is 9.10. The van der Waals surface area contributed by atoms with Crippen molar-refractivity contribution in [3.63, 3.8) is 0 Å². The Bertz CT molecular complexity index is 470. The summed E-state index contributed by atoms with van der Waals surface area (Å²) in [5.41, 5.74) is -2.04. The highest BCUT2D eigenvalue weighted by Crippen LogP contribution is 2.53. The average Bonchev–Trinajstić information content (AvgIpc) is 3.08. The highest BCUT2D eigenvalue weighted by Gasteiger charge is 2.67. The van der Waals surface area contributed by atoms with Crippen LogP contribution in [-0.4, -0.2) is 39.5 Å². The Hall–Kier alpha value is -1.18. The Morgan fingerprint density at radius 3 is 2.28 bits per heavy atom. The summed E-state index contributed by atoms with van der Waals surface area (Å²) in [5, 5.41) is 0. The maximum atomic E-state index is 12.8. The van der Waals surface area contributed by atoms with Crippen LogP contribution < -0.4 is 0 Å². The van der Waals surface area contributed by atoms with E-state index in [1.165, 1.54) is 12.4 Å². The minimum absolute atomic E-state index is 0.0741. The topological polar surface area (TPSA) is 46.1 Å². The summed E-state index contributed by atoms with van der Waals surface area (Å²) in [4.78, 5) is 20.0. The molecule has 1 saturated carbocycles. The number of nitrogens with zero attached hydrogens (tertiary/aromatic N) is 3. The van der Waals surface area contributed by atoms with Crippen LogP contribution in [-0.2, 0) is 0 Å². The molecule has 1 aromatic heterocycles. The van der Waals surface area contributed by atoms with E-state index < -0.39 is 17.6 Å². The van der Waals surface area contributed by atoms with Gasteiger partial charge in [0.25, 0.3) is 5.91 Å². The van der Waals surface area contributed by atoms with Crippen LogP contribution in [0.5, 0.6) is 0 Å². The summed E-state index contributed by atoms with van der Waals surface area (Å²) in [7, 11) is 1.13. The molecular weight excluding hydrogens is 315 g/mol. The van der Waals surface area contributed by atoms with Crippen LogP contribution in [0.1, 0.15) is 23.5 Å². The lowest BCUT2D eigenvalue weighted by molar-refractivity contribution is -0.185. The van der Waals surface area contributed by atoms with Crippen molar-refractivity contribution in [1.82, 2.24) is 14.9 Å². The number of alkyl halides is 3. The lowest BCUT2D eigenvalue weighted by Crippen LogP contribution is -2.49. The van der Waals surface area contributed by atoms with E-state index in [-0.39, 0.29) is 18.7 Å². The highest BCUT2D eigenvalue weighted by atomic mass is 79.9. The Morgan fingerprint density at radius 1 is 1.39 bits per heavy atom. The summed E-state index contributed by atoms with van der Waals surface area (Å²) >= 11 is 3.09. The number of hydrogen-bond acceptors (Lipinski definition) is 3. The smallest absolute Gasteiger partial charge is 0.324 e. The molecule has 8 heteroatoms. The molecule has 98 valence electrons. The van der Waals surface area contributed by atoms with E-state index in [0.717, 1.165) is 7.05 Å². The molecule has 4 nitrogen and oxygen atoms in total. The number of amides is 1. The van der Waals surface area contributed by atoms with Gasteiger partial charge in [0.15, 0.2) is 0 Å². The fourth-order valence-corrected chi connectivity index (χ4v) is 1.90. The summed E-state index contributed by atoms with van der Waals surface area (Å²) < 4.78 is 39.1. The SMILES string of the molecule is CN(C(=O)c1ncc(Br)cn1)C1(C(F)(F)F)CC1. The van der Waals surface area contributed by atoms with Gasteiger partial charge in [0.05, 0.1) is 4.47 Å². The van der Waals surface area contributed by atoms with E-state index in [0.29, 0.717) is 9.37 Å². The minimum Gasteiger partial charge on any atom is -0.324 e.